The Hall–Kier alpha value is -2.08. The van der Waals surface area contributed by atoms with Crippen molar-refractivity contribution >= 4 is 33.9 Å². The molecule has 0 atom stereocenters. The van der Waals surface area contributed by atoms with Gasteiger partial charge in [-0.2, -0.15) is 0 Å². The van der Waals surface area contributed by atoms with E-state index in [0.717, 1.165) is 18.5 Å². The number of aromatic nitrogens is 1. The molecule has 0 saturated heterocycles. The van der Waals surface area contributed by atoms with Crippen molar-refractivity contribution in [1.82, 2.24) is 4.98 Å². The normalized spacial score (nSPS) is 10.4. The Morgan fingerprint density at radius 1 is 1.38 bits per heavy atom. The van der Waals surface area contributed by atoms with Gasteiger partial charge in [0.25, 0.3) is 5.91 Å². The maximum atomic E-state index is 12.8. The monoisotopic (exact) mass is 304 g/mol. The Kier molecular flexibility index (Phi) is 5.16. The lowest BCUT2D eigenvalue weighted by molar-refractivity contribution is 0.0991. The maximum absolute atomic E-state index is 12.8. The lowest BCUT2D eigenvalue weighted by Crippen LogP contribution is -2.31. The number of anilines is 3. The van der Waals surface area contributed by atoms with Gasteiger partial charge in [0, 0.05) is 19.3 Å². The van der Waals surface area contributed by atoms with E-state index in [-0.39, 0.29) is 11.7 Å². The van der Waals surface area contributed by atoms with Gasteiger partial charge in [-0.05, 0) is 18.6 Å². The molecule has 2 rings (SSSR count). The van der Waals surface area contributed by atoms with Crippen LogP contribution in [0.25, 0.3) is 0 Å². The van der Waals surface area contributed by atoms with Crippen LogP contribution in [0.15, 0.2) is 30.3 Å². The first-order valence-electron chi connectivity index (χ1n) is 6.98. The van der Waals surface area contributed by atoms with E-state index in [4.69, 9.17) is 5.73 Å². The number of amides is 1. The Balaban J connectivity index is 2.31. The number of thiazole rings is 1. The standard InChI is InChI=1S/C15H20N4OS/c1-3-4-10-19(11-8-6-5-7-9-11)14(20)12-13(16)18-15(17-2)21-12/h5-9H,3-4,10,16H2,1-2H3,(H,17,18). The summed E-state index contributed by atoms with van der Waals surface area (Å²) in [4.78, 5) is 19.2. The third-order valence-corrected chi connectivity index (χ3v) is 4.19. The van der Waals surface area contributed by atoms with Gasteiger partial charge in [0.15, 0.2) is 5.13 Å². The molecule has 1 aromatic carbocycles. The van der Waals surface area contributed by atoms with Crippen molar-refractivity contribution in [3.63, 3.8) is 0 Å². The second-order valence-electron chi connectivity index (χ2n) is 4.63. The molecule has 1 aromatic heterocycles. The fourth-order valence-electron chi connectivity index (χ4n) is 1.99. The topological polar surface area (TPSA) is 71.2 Å². The predicted octanol–water partition coefficient (Wildman–Crippen LogP) is 3.21. The molecule has 0 fully saturated rings. The molecule has 0 unspecified atom stereocenters. The van der Waals surface area contributed by atoms with Gasteiger partial charge in [-0.25, -0.2) is 4.98 Å². The summed E-state index contributed by atoms with van der Waals surface area (Å²) in [5.74, 6) is 0.193. The number of unbranched alkanes of at least 4 members (excludes halogenated alkanes) is 1. The largest absolute Gasteiger partial charge is 0.382 e. The third kappa shape index (κ3) is 3.52. The first-order chi connectivity index (χ1) is 10.2. The molecule has 0 bridgehead atoms. The number of hydrogen-bond acceptors (Lipinski definition) is 5. The number of nitrogen functional groups attached to an aromatic ring is 1. The molecule has 0 saturated carbocycles. The number of nitrogens with two attached hydrogens (primary N) is 1. The zero-order valence-corrected chi connectivity index (χ0v) is 13.1. The average molecular weight is 304 g/mol. The highest BCUT2D eigenvalue weighted by molar-refractivity contribution is 7.18. The summed E-state index contributed by atoms with van der Waals surface area (Å²) in [6.07, 6.45) is 1.97. The molecule has 0 aliphatic carbocycles. The number of rotatable bonds is 6. The summed E-state index contributed by atoms with van der Waals surface area (Å²) < 4.78 is 0. The summed E-state index contributed by atoms with van der Waals surface area (Å²) in [6.45, 7) is 2.78. The number of carbonyl (C=O) groups excluding carboxylic acids is 1. The van der Waals surface area contributed by atoms with Crippen LogP contribution >= 0.6 is 11.3 Å². The Bertz CT molecular complexity index is 597. The minimum atomic E-state index is -0.0915. The van der Waals surface area contributed by atoms with Crippen LogP contribution in [0.1, 0.15) is 29.4 Å². The van der Waals surface area contributed by atoms with Crippen LogP contribution in [0.4, 0.5) is 16.6 Å². The molecule has 0 radical (unpaired) electrons. The van der Waals surface area contributed by atoms with Gasteiger partial charge < -0.3 is 16.0 Å². The van der Waals surface area contributed by atoms with Crippen LogP contribution in [0.3, 0.4) is 0 Å². The van der Waals surface area contributed by atoms with Crippen molar-refractivity contribution in [3.8, 4) is 0 Å². The highest BCUT2D eigenvalue weighted by Gasteiger charge is 2.22. The van der Waals surface area contributed by atoms with Crippen molar-refractivity contribution in [3.05, 3.63) is 35.2 Å². The van der Waals surface area contributed by atoms with E-state index in [0.29, 0.717) is 16.6 Å². The molecule has 5 nitrogen and oxygen atoms in total. The molecule has 2 aromatic rings. The second-order valence-corrected chi connectivity index (χ2v) is 5.63. The molecular weight excluding hydrogens is 284 g/mol. The van der Waals surface area contributed by atoms with E-state index in [1.807, 2.05) is 30.3 Å². The fraction of sp³-hybridized carbons (Fsp3) is 0.333. The van der Waals surface area contributed by atoms with E-state index in [1.54, 1.807) is 11.9 Å². The fourth-order valence-corrected chi connectivity index (χ4v) is 2.77. The quantitative estimate of drug-likeness (QED) is 0.859. The molecule has 1 heterocycles. The zero-order chi connectivity index (χ0) is 15.2. The van der Waals surface area contributed by atoms with Crippen molar-refractivity contribution in [2.75, 3.05) is 29.5 Å². The van der Waals surface area contributed by atoms with E-state index in [9.17, 15) is 4.79 Å². The Labute approximate surface area is 128 Å². The van der Waals surface area contributed by atoms with Gasteiger partial charge in [-0.3, -0.25) is 4.79 Å². The maximum Gasteiger partial charge on any atom is 0.272 e. The summed E-state index contributed by atoms with van der Waals surface area (Å²) in [5, 5.41) is 3.57. The lowest BCUT2D eigenvalue weighted by atomic mass is 10.2. The van der Waals surface area contributed by atoms with Crippen molar-refractivity contribution in [2.24, 2.45) is 0 Å². The van der Waals surface area contributed by atoms with Crippen LogP contribution < -0.4 is 16.0 Å². The summed E-state index contributed by atoms with van der Waals surface area (Å²) in [7, 11) is 1.76. The molecular formula is C15H20N4OS. The number of para-hydroxylation sites is 1. The molecule has 6 heteroatoms. The molecule has 0 spiro atoms. The Morgan fingerprint density at radius 3 is 2.67 bits per heavy atom. The summed E-state index contributed by atoms with van der Waals surface area (Å²) in [6, 6.07) is 9.66. The number of hydrogen-bond donors (Lipinski definition) is 2. The molecule has 0 aliphatic heterocycles. The van der Waals surface area contributed by atoms with Crippen LogP contribution in [0.2, 0.25) is 0 Å². The zero-order valence-electron chi connectivity index (χ0n) is 12.3. The lowest BCUT2D eigenvalue weighted by Gasteiger charge is -2.22. The van der Waals surface area contributed by atoms with Crippen molar-refractivity contribution in [2.45, 2.75) is 19.8 Å². The van der Waals surface area contributed by atoms with E-state index in [2.05, 4.69) is 17.2 Å². The molecule has 1 amide bonds. The van der Waals surface area contributed by atoms with E-state index in [1.165, 1.54) is 11.3 Å². The van der Waals surface area contributed by atoms with Gasteiger partial charge in [0.05, 0.1) is 0 Å². The number of nitrogens with one attached hydrogen (secondary N) is 1. The minimum absolute atomic E-state index is 0.0915. The Morgan fingerprint density at radius 2 is 2.10 bits per heavy atom. The van der Waals surface area contributed by atoms with Gasteiger partial charge in [-0.1, -0.05) is 42.9 Å². The van der Waals surface area contributed by atoms with Crippen LogP contribution in [0, 0.1) is 0 Å². The van der Waals surface area contributed by atoms with Gasteiger partial charge in [0.1, 0.15) is 10.7 Å². The first-order valence-corrected chi connectivity index (χ1v) is 7.80. The number of benzene rings is 1. The molecule has 0 aliphatic rings. The molecule has 3 N–H and O–H groups in total. The van der Waals surface area contributed by atoms with Crippen LogP contribution in [0.5, 0.6) is 0 Å². The third-order valence-electron chi connectivity index (χ3n) is 3.11. The minimum Gasteiger partial charge on any atom is -0.382 e. The summed E-state index contributed by atoms with van der Waals surface area (Å²) >= 11 is 1.29. The van der Waals surface area contributed by atoms with Crippen LogP contribution in [-0.4, -0.2) is 24.5 Å². The summed E-state index contributed by atoms with van der Waals surface area (Å²) in [5.41, 5.74) is 6.76. The van der Waals surface area contributed by atoms with Gasteiger partial charge in [-0.15, -0.1) is 0 Å². The van der Waals surface area contributed by atoms with E-state index >= 15 is 0 Å². The predicted molar refractivity (Wildman–Crippen MR) is 89.1 cm³/mol. The van der Waals surface area contributed by atoms with Crippen molar-refractivity contribution in [1.29, 1.82) is 0 Å². The first kappa shape index (κ1) is 15.3. The van der Waals surface area contributed by atoms with Crippen molar-refractivity contribution < 1.29 is 4.79 Å². The molecule has 112 valence electrons. The van der Waals surface area contributed by atoms with E-state index < -0.39 is 0 Å². The SMILES string of the molecule is CCCCN(C(=O)c1sc(NC)nc1N)c1ccccc1. The highest BCUT2D eigenvalue weighted by atomic mass is 32.1. The van der Waals surface area contributed by atoms with Gasteiger partial charge in [0.2, 0.25) is 0 Å². The second kappa shape index (κ2) is 7.08. The molecule has 21 heavy (non-hydrogen) atoms. The van der Waals surface area contributed by atoms with Gasteiger partial charge >= 0.3 is 0 Å². The highest BCUT2D eigenvalue weighted by Crippen LogP contribution is 2.28. The van der Waals surface area contributed by atoms with Crippen LogP contribution in [-0.2, 0) is 0 Å². The number of nitrogens with zero attached hydrogens (tertiary/aromatic N) is 2. The average Bonchev–Trinajstić information content (AvgIpc) is 2.89. The number of carbonyl (C=O) groups is 1. The smallest absolute Gasteiger partial charge is 0.272 e.